The molecule has 1 aromatic rings. The lowest BCUT2D eigenvalue weighted by Crippen LogP contribution is -2.35. The first-order chi connectivity index (χ1) is 8.58. The van der Waals surface area contributed by atoms with E-state index in [0.29, 0.717) is 19.5 Å². The quantitative estimate of drug-likeness (QED) is 0.853. The van der Waals surface area contributed by atoms with Crippen LogP contribution in [-0.4, -0.2) is 39.5 Å². The highest BCUT2D eigenvalue weighted by Gasteiger charge is 2.36. The predicted molar refractivity (Wildman–Crippen MR) is 70.7 cm³/mol. The summed E-state index contributed by atoms with van der Waals surface area (Å²) in [5.74, 6) is 0. The number of sulfonamides is 1. The van der Waals surface area contributed by atoms with Crippen LogP contribution in [0, 0.1) is 0 Å². The maximum Gasteiger partial charge on any atom is 0.402 e. The van der Waals surface area contributed by atoms with Gasteiger partial charge >= 0.3 is 6.18 Å². The van der Waals surface area contributed by atoms with Gasteiger partial charge in [0.2, 0.25) is 10.0 Å². The fourth-order valence-electron chi connectivity index (χ4n) is 1.34. The van der Waals surface area contributed by atoms with Crippen molar-refractivity contribution in [1.82, 2.24) is 9.62 Å². The number of rotatable bonds is 5. The maximum absolute atomic E-state index is 12.3. The molecule has 1 aromatic heterocycles. The molecule has 0 amide bonds. The Kier molecular flexibility index (Phi) is 5.41. The third-order valence-corrected chi connectivity index (χ3v) is 6.20. The van der Waals surface area contributed by atoms with E-state index in [2.05, 4.69) is 21.2 Å². The van der Waals surface area contributed by atoms with Crippen molar-refractivity contribution in [2.24, 2.45) is 0 Å². The van der Waals surface area contributed by atoms with Gasteiger partial charge in [0.15, 0.2) is 0 Å². The zero-order chi connectivity index (χ0) is 14.8. The Hall–Kier alpha value is -0.160. The molecule has 0 bridgehead atoms. The molecule has 0 aliphatic carbocycles. The van der Waals surface area contributed by atoms with Crippen LogP contribution < -0.4 is 5.32 Å². The highest BCUT2D eigenvalue weighted by Crippen LogP contribution is 2.34. The molecule has 0 radical (unpaired) electrons. The van der Waals surface area contributed by atoms with Gasteiger partial charge in [0.1, 0.15) is 11.4 Å². The Morgan fingerprint density at radius 1 is 1.47 bits per heavy atom. The number of hydrogen-bond donors (Lipinski definition) is 1. The van der Waals surface area contributed by atoms with E-state index in [1.54, 1.807) is 7.05 Å². The van der Waals surface area contributed by atoms with Crippen LogP contribution in [0.5, 0.6) is 0 Å². The van der Waals surface area contributed by atoms with Gasteiger partial charge < -0.3 is 5.32 Å². The van der Waals surface area contributed by atoms with Crippen molar-refractivity contribution in [2.45, 2.75) is 17.6 Å². The van der Waals surface area contributed by atoms with E-state index in [4.69, 9.17) is 0 Å². The topological polar surface area (TPSA) is 49.4 Å². The number of nitrogens with zero attached hydrogens (tertiary/aromatic N) is 1. The van der Waals surface area contributed by atoms with Crippen molar-refractivity contribution in [3.8, 4) is 0 Å². The molecule has 0 atom stereocenters. The van der Waals surface area contributed by atoms with E-state index in [1.807, 2.05) is 0 Å². The van der Waals surface area contributed by atoms with Gasteiger partial charge in [-0.2, -0.15) is 17.5 Å². The molecule has 0 saturated carbocycles. The van der Waals surface area contributed by atoms with Crippen LogP contribution in [0.25, 0.3) is 0 Å². The van der Waals surface area contributed by atoms with Gasteiger partial charge in [0.05, 0.1) is 3.79 Å². The maximum atomic E-state index is 12.3. The first-order valence-corrected chi connectivity index (χ1v) is 8.09. The average molecular weight is 381 g/mol. The molecular formula is C9H12BrF3N2O2S2. The summed E-state index contributed by atoms with van der Waals surface area (Å²) in [5.41, 5.74) is 0. The molecular weight excluding hydrogens is 369 g/mol. The van der Waals surface area contributed by atoms with Crippen molar-refractivity contribution in [3.05, 3.63) is 14.7 Å². The fraction of sp³-hybridized carbons (Fsp3) is 0.556. The minimum atomic E-state index is -4.57. The van der Waals surface area contributed by atoms with Crippen molar-refractivity contribution in [2.75, 3.05) is 20.6 Å². The molecule has 110 valence electrons. The normalized spacial score (nSPS) is 13.2. The minimum absolute atomic E-state index is 0.144. The van der Waals surface area contributed by atoms with Gasteiger partial charge in [-0.15, -0.1) is 11.3 Å². The molecule has 19 heavy (non-hydrogen) atoms. The zero-order valence-corrected chi connectivity index (χ0v) is 13.3. The molecule has 4 nitrogen and oxygen atoms in total. The third kappa shape index (κ3) is 4.42. The van der Waals surface area contributed by atoms with Crippen molar-refractivity contribution in [3.63, 3.8) is 0 Å². The van der Waals surface area contributed by atoms with E-state index in [1.165, 1.54) is 17.4 Å². The van der Waals surface area contributed by atoms with Crippen molar-refractivity contribution in [1.29, 1.82) is 0 Å². The molecule has 10 heteroatoms. The summed E-state index contributed by atoms with van der Waals surface area (Å²) in [4.78, 5) is 0.572. The van der Waals surface area contributed by atoms with Crippen LogP contribution in [-0.2, 0) is 16.6 Å². The van der Waals surface area contributed by atoms with Gasteiger partial charge in [-0.3, -0.25) is 0 Å². The summed E-state index contributed by atoms with van der Waals surface area (Å²) in [6.45, 7) is -1.07. The second kappa shape index (κ2) is 6.08. The molecule has 0 aliphatic heterocycles. The second-order valence-electron chi connectivity index (χ2n) is 3.76. The van der Waals surface area contributed by atoms with Gasteiger partial charge in [-0.25, -0.2) is 8.42 Å². The second-order valence-corrected chi connectivity index (χ2v) is 8.23. The lowest BCUT2D eigenvalue weighted by molar-refractivity contribution is -0.134. The molecule has 1 rings (SSSR count). The van der Waals surface area contributed by atoms with Gasteiger partial charge in [-0.05, 0) is 29.0 Å². The lowest BCUT2D eigenvalue weighted by atomic mass is 10.5. The molecule has 0 fully saturated rings. The van der Waals surface area contributed by atoms with Gasteiger partial charge in [-0.1, -0.05) is 0 Å². The number of nitrogens with one attached hydrogen (secondary N) is 1. The van der Waals surface area contributed by atoms with Crippen LogP contribution in [0.2, 0.25) is 0 Å². The first kappa shape index (κ1) is 16.9. The third-order valence-electron chi connectivity index (χ3n) is 2.15. The van der Waals surface area contributed by atoms with Crippen LogP contribution in [0.1, 0.15) is 4.88 Å². The molecule has 0 spiro atoms. The molecule has 1 N–H and O–H groups in total. The Bertz CT molecular complexity index is 542. The van der Waals surface area contributed by atoms with E-state index in [0.717, 1.165) is 7.05 Å². The minimum Gasteiger partial charge on any atom is -0.315 e. The van der Waals surface area contributed by atoms with Crippen LogP contribution in [0.15, 0.2) is 14.7 Å². The molecule has 0 saturated heterocycles. The Morgan fingerprint density at radius 2 is 2.05 bits per heavy atom. The summed E-state index contributed by atoms with van der Waals surface area (Å²) in [7, 11) is -1.55. The fourth-order valence-corrected chi connectivity index (χ4v) is 5.14. The van der Waals surface area contributed by atoms with Crippen molar-refractivity contribution >= 4 is 37.3 Å². The van der Waals surface area contributed by atoms with Crippen LogP contribution >= 0.6 is 27.3 Å². The largest absolute Gasteiger partial charge is 0.402 e. The summed E-state index contributed by atoms with van der Waals surface area (Å²) >= 11 is 4.24. The lowest BCUT2D eigenvalue weighted by Gasteiger charge is -2.18. The smallest absolute Gasteiger partial charge is 0.315 e. The number of alkyl halides is 3. The summed E-state index contributed by atoms with van der Waals surface area (Å²) in [6.07, 6.45) is -4.57. The Labute approximate surface area is 121 Å². The van der Waals surface area contributed by atoms with Crippen LogP contribution in [0.4, 0.5) is 13.2 Å². The number of halogens is 4. The molecule has 1 heterocycles. The highest BCUT2D eigenvalue weighted by atomic mass is 79.9. The Balaban J connectivity index is 3.06. The summed E-state index contributed by atoms with van der Waals surface area (Å²) in [5, 5.41) is 2.84. The molecule has 0 aliphatic rings. The standard InChI is InChI=1S/C9H12BrF3N2O2S2/c1-14-4-6-3-7(8(10)18-6)19(16,17)15(2)5-9(11,12)13/h3,14H,4-5H2,1-2H3. The van der Waals surface area contributed by atoms with E-state index < -0.39 is 22.7 Å². The van der Waals surface area contributed by atoms with Crippen molar-refractivity contribution < 1.29 is 21.6 Å². The monoisotopic (exact) mass is 380 g/mol. The SMILES string of the molecule is CNCc1cc(S(=O)(=O)N(C)CC(F)(F)F)c(Br)s1. The average Bonchev–Trinajstić information content (AvgIpc) is 2.58. The van der Waals surface area contributed by atoms with E-state index in [9.17, 15) is 21.6 Å². The van der Waals surface area contributed by atoms with Gasteiger partial charge in [0, 0.05) is 18.5 Å². The molecule has 0 aromatic carbocycles. The van der Waals surface area contributed by atoms with E-state index in [-0.39, 0.29) is 4.90 Å². The number of thiophene rings is 1. The summed E-state index contributed by atoms with van der Waals surface area (Å²) in [6, 6.07) is 1.37. The first-order valence-electron chi connectivity index (χ1n) is 5.04. The molecule has 0 unspecified atom stereocenters. The number of hydrogen-bond acceptors (Lipinski definition) is 4. The predicted octanol–water partition coefficient (Wildman–Crippen LogP) is 2.41. The van der Waals surface area contributed by atoms with Gasteiger partial charge in [0.25, 0.3) is 0 Å². The van der Waals surface area contributed by atoms with E-state index >= 15 is 0 Å². The highest BCUT2D eigenvalue weighted by molar-refractivity contribution is 9.11. The van der Waals surface area contributed by atoms with Crippen LogP contribution in [0.3, 0.4) is 0 Å². The Morgan fingerprint density at radius 3 is 2.53 bits per heavy atom. The summed E-state index contributed by atoms with van der Waals surface area (Å²) < 4.78 is 61.4. The zero-order valence-electron chi connectivity index (χ0n) is 10.1.